The van der Waals surface area contributed by atoms with Gasteiger partial charge in [0.05, 0.1) is 17.5 Å². The van der Waals surface area contributed by atoms with Gasteiger partial charge in [-0.1, -0.05) is 6.07 Å². The number of aryl methyl sites for hydroxylation is 1. The van der Waals surface area contributed by atoms with Crippen LogP contribution in [0.1, 0.15) is 34.0 Å². The first-order valence-corrected chi connectivity index (χ1v) is 9.17. The van der Waals surface area contributed by atoms with Crippen LogP contribution in [0, 0.1) is 0 Å². The summed E-state index contributed by atoms with van der Waals surface area (Å²) in [5.41, 5.74) is -1.79. The standard InChI is InChI=1S/C15H15F3N2O4S/c1-3-20-14(22)12(7-19-20)13(21)11-5-4-10(15(16,17)18)6-9(11)8-25(2,23)24/h4-7,22H,3,8H2,1-2H3. The van der Waals surface area contributed by atoms with E-state index in [2.05, 4.69) is 5.10 Å². The molecule has 0 fully saturated rings. The molecular weight excluding hydrogens is 361 g/mol. The summed E-state index contributed by atoms with van der Waals surface area (Å²) in [5, 5.41) is 13.7. The predicted octanol–water partition coefficient (Wildman–Crippen LogP) is 2.40. The van der Waals surface area contributed by atoms with E-state index in [1.54, 1.807) is 6.92 Å². The summed E-state index contributed by atoms with van der Waals surface area (Å²) >= 11 is 0. The molecule has 6 nitrogen and oxygen atoms in total. The topological polar surface area (TPSA) is 89.3 Å². The van der Waals surface area contributed by atoms with E-state index >= 15 is 0 Å². The number of hydrogen-bond acceptors (Lipinski definition) is 5. The van der Waals surface area contributed by atoms with Crippen LogP contribution in [0.5, 0.6) is 5.88 Å². The largest absolute Gasteiger partial charge is 0.493 e. The molecule has 0 unspecified atom stereocenters. The molecule has 2 rings (SSSR count). The summed E-state index contributed by atoms with van der Waals surface area (Å²) in [6, 6.07) is 2.24. The Labute approximate surface area is 141 Å². The lowest BCUT2D eigenvalue weighted by Gasteiger charge is -2.12. The van der Waals surface area contributed by atoms with Crippen LogP contribution in [0.25, 0.3) is 0 Å². The number of ketones is 1. The van der Waals surface area contributed by atoms with E-state index in [1.807, 2.05) is 0 Å². The Balaban J connectivity index is 2.59. The van der Waals surface area contributed by atoms with Crippen LogP contribution in [0.2, 0.25) is 0 Å². The van der Waals surface area contributed by atoms with E-state index in [0.29, 0.717) is 12.1 Å². The summed E-state index contributed by atoms with van der Waals surface area (Å²) < 4.78 is 62.8. The minimum Gasteiger partial charge on any atom is -0.493 e. The molecule has 0 aliphatic rings. The summed E-state index contributed by atoms with van der Waals surface area (Å²) in [7, 11) is -3.69. The van der Waals surface area contributed by atoms with Gasteiger partial charge in [-0.2, -0.15) is 18.3 Å². The van der Waals surface area contributed by atoms with E-state index in [9.17, 15) is 31.5 Å². The molecule has 0 atom stereocenters. The SMILES string of the molecule is CCn1ncc(C(=O)c2ccc(C(F)(F)F)cc2CS(C)(=O)=O)c1O. The molecule has 25 heavy (non-hydrogen) atoms. The lowest BCUT2D eigenvalue weighted by Crippen LogP contribution is -2.13. The maximum Gasteiger partial charge on any atom is 0.416 e. The third-order valence-electron chi connectivity index (χ3n) is 3.45. The Kier molecular flexibility index (Phi) is 4.94. The maximum atomic E-state index is 12.9. The summed E-state index contributed by atoms with van der Waals surface area (Å²) in [5.74, 6) is -1.97. The fourth-order valence-corrected chi connectivity index (χ4v) is 3.11. The van der Waals surface area contributed by atoms with Crippen molar-refractivity contribution in [2.24, 2.45) is 0 Å². The predicted molar refractivity (Wildman–Crippen MR) is 83.0 cm³/mol. The number of hydrogen-bond donors (Lipinski definition) is 1. The minimum absolute atomic E-state index is 0.212. The van der Waals surface area contributed by atoms with E-state index in [-0.39, 0.29) is 23.2 Å². The Morgan fingerprint density at radius 3 is 2.40 bits per heavy atom. The highest BCUT2D eigenvalue weighted by Crippen LogP contribution is 2.32. The highest BCUT2D eigenvalue weighted by molar-refractivity contribution is 7.89. The molecule has 0 saturated carbocycles. The number of aromatic nitrogens is 2. The first-order valence-electron chi connectivity index (χ1n) is 7.11. The monoisotopic (exact) mass is 376 g/mol. The zero-order valence-electron chi connectivity index (χ0n) is 13.3. The van der Waals surface area contributed by atoms with Gasteiger partial charge in [0.1, 0.15) is 5.56 Å². The average molecular weight is 376 g/mol. The number of aromatic hydroxyl groups is 1. The van der Waals surface area contributed by atoms with E-state index in [4.69, 9.17) is 0 Å². The van der Waals surface area contributed by atoms with Crippen LogP contribution in [0.3, 0.4) is 0 Å². The first kappa shape index (κ1) is 19.0. The van der Waals surface area contributed by atoms with Crippen LogP contribution in [-0.2, 0) is 28.3 Å². The average Bonchev–Trinajstić information content (AvgIpc) is 2.84. The summed E-state index contributed by atoms with van der Waals surface area (Å²) in [6.07, 6.45) is -2.74. The van der Waals surface area contributed by atoms with Crippen molar-refractivity contribution in [3.05, 3.63) is 46.6 Å². The fraction of sp³-hybridized carbons (Fsp3) is 0.333. The van der Waals surface area contributed by atoms with Gasteiger partial charge in [-0.3, -0.25) is 4.79 Å². The molecule has 0 bridgehead atoms. The van der Waals surface area contributed by atoms with Crippen molar-refractivity contribution in [3.63, 3.8) is 0 Å². The molecule has 0 amide bonds. The van der Waals surface area contributed by atoms with Crippen LogP contribution in [-0.4, -0.2) is 35.3 Å². The fourth-order valence-electron chi connectivity index (χ4n) is 2.31. The Morgan fingerprint density at radius 1 is 1.28 bits per heavy atom. The third-order valence-corrected chi connectivity index (χ3v) is 4.29. The zero-order chi connectivity index (χ0) is 19.0. The number of nitrogens with zero attached hydrogens (tertiary/aromatic N) is 2. The van der Waals surface area contributed by atoms with Crippen molar-refractivity contribution in [2.45, 2.75) is 25.4 Å². The normalized spacial score (nSPS) is 12.4. The highest BCUT2D eigenvalue weighted by Gasteiger charge is 2.32. The van der Waals surface area contributed by atoms with Crippen LogP contribution >= 0.6 is 0 Å². The quantitative estimate of drug-likeness (QED) is 0.810. The number of rotatable bonds is 5. The number of carbonyl (C=O) groups excluding carboxylic acids is 1. The molecule has 0 aliphatic carbocycles. The van der Waals surface area contributed by atoms with Crippen LogP contribution in [0.15, 0.2) is 24.4 Å². The van der Waals surface area contributed by atoms with E-state index in [1.165, 1.54) is 0 Å². The smallest absolute Gasteiger partial charge is 0.416 e. The molecule has 0 aliphatic heterocycles. The lowest BCUT2D eigenvalue weighted by molar-refractivity contribution is -0.137. The van der Waals surface area contributed by atoms with Crippen LogP contribution in [0.4, 0.5) is 13.2 Å². The summed E-state index contributed by atoms with van der Waals surface area (Å²) in [6.45, 7) is 1.95. The number of carbonyl (C=O) groups is 1. The number of sulfone groups is 1. The van der Waals surface area contributed by atoms with Crippen molar-refractivity contribution in [3.8, 4) is 5.88 Å². The van der Waals surface area contributed by atoms with E-state index < -0.39 is 39.0 Å². The zero-order valence-corrected chi connectivity index (χ0v) is 14.1. The Bertz CT molecular complexity index is 917. The second-order valence-electron chi connectivity index (χ2n) is 5.47. The van der Waals surface area contributed by atoms with Crippen LogP contribution < -0.4 is 0 Å². The van der Waals surface area contributed by atoms with Crippen molar-refractivity contribution < 1.29 is 31.5 Å². The Hall–Kier alpha value is -2.36. The van der Waals surface area contributed by atoms with Gasteiger partial charge in [-0.15, -0.1) is 0 Å². The van der Waals surface area contributed by atoms with E-state index in [0.717, 1.165) is 23.2 Å². The number of halogens is 3. The number of alkyl halides is 3. The van der Waals surface area contributed by atoms with Gasteiger partial charge in [0, 0.05) is 18.4 Å². The molecule has 0 saturated heterocycles. The summed E-state index contributed by atoms with van der Waals surface area (Å²) in [4.78, 5) is 12.6. The van der Waals surface area contributed by atoms with Crippen molar-refractivity contribution in [1.29, 1.82) is 0 Å². The maximum absolute atomic E-state index is 12.9. The first-order chi connectivity index (χ1) is 11.4. The minimum atomic E-state index is -4.68. The molecule has 1 aromatic carbocycles. The van der Waals surface area contributed by atoms with Gasteiger partial charge in [0.2, 0.25) is 5.88 Å². The Morgan fingerprint density at radius 2 is 1.92 bits per heavy atom. The third kappa shape index (κ3) is 4.19. The van der Waals surface area contributed by atoms with Crippen molar-refractivity contribution in [2.75, 3.05) is 6.26 Å². The van der Waals surface area contributed by atoms with Crippen molar-refractivity contribution in [1.82, 2.24) is 9.78 Å². The van der Waals surface area contributed by atoms with Gasteiger partial charge in [0.25, 0.3) is 0 Å². The second kappa shape index (κ2) is 6.51. The van der Waals surface area contributed by atoms with Gasteiger partial charge in [0.15, 0.2) is 15.6 Å². The molecule has 1 heterocycles. The molecule has 0 spiro atoms. The molecular formula is C15H15F3N2O4S. The van der Waals surface area contributed by atoms with Gasteiger partial charge >= 0.3 is 6.18 Å². The second-order valence-corrected chi connectivity index (χ2v) is 7.61. The molecule has 10 heteroatoms. The number of benzene rings is 1. The molecule has 2 aromatic rings. The molecule has 0 radical (unpaired) electrons. The molecule has 136 valence electrons. The lowest BCUT2D eigenvalue weighted by atomic mass is 9.98. The highest BCUT2D eigenvalue weighted by atomic mass is 32.2. The van der Waals surface area contributed by atoms with Gasteiger partial charge in [-0.05, 0) is 24.6 Å². The molecule has 1 aromatic heterocycles. The van der Waals surface area contributed by atoms with Crippen molar-refractivity contribution >= 4 is 15.6 Å². The van der Waals surface area contributed by atoms with Gasteiger partial charge < -0.3 is 5.11 Å². The van der Waals surface area contributed by atoms with Gasteiger partial charge in [-0.25, -0.2) is 13.1 Å². The molecule has 1 N–H and O–H groups in total.